The van der Waals surface area contributed by atoms with Gasteiger partial charge >= 0.3 is 12.0 Å². The Balaban J connectivity index is 1.12. The molecular formula is C39H64N2O8. The molecule has 2 saturated heterocycles. The van der Waals surface area contributed by atoms with Crippen molar-refractivity contribution in [3.8, 4) is 0 Å². The minimum Gasteiger partial charge on any atom is -0.457 e. The Morgan fingerprint density at radius 3 is 2.35 bits per heavy atom. The third-order valence-electron chi connectivity index (χ3n) is 16.1. The van der Waals surface area contributed by atoms with E-state index in [9.17, 15) is 19.8 Å². The first-order valence-electron chi connectivity index (χ1n) is 19.2. The molecule has 7 fully saturated rings. The number of amides is 2. The zero-order valence-electron chi connectivity index (χ0n) is 31.8. The Hall–Kier alpha value is -1.46. The molecule has 7 rings (SSSR count). The summed E-state index contributed by atoms with van der Waals surface area (Å²) < 4.78 is 25.4. The van der Waals surface area contributed by atoms with Crippen LogP contribution in [0.3, 0.4) is 0 Å². The van der Waals surface area contributed by atoms with Crippen molar-refractivity contribution in [2.24, 2.45) is 50.7 Å². The molecule has 5 aliphatic carbocycles. The molecule has 2 spiro atoms. The summed E-state index contributed by atoms with van der Waals surface area (Å²) in [5, 5.41) is 23.6. The number of morpholine rings is 1. The van der Waals surface area contributed by atoms with Crippen molar-refractivity contribution in [2.45, 2.75) is 149 Å². The third kappa shape index (κ3) is 4.95. The number of ether oxygens (including phenoxy) is 4. The van der Waals surface area contributed by atoms with Crippen molar-refractivity contribution in [1.29, 1.82) is 0 Å². The van der Waals surface area contributed by atoms with Crippen LogP contribution in [0.15, 0.2) is 0 Å². The zero-order valence-corrected chi connectivity index (χ0v) is 31.8. The van der Waals surface area contributed by atoms with Crippen LogP contribution in [0.1, 0.15) is 107 Å². The summed E-state index contributed by atoms with van der Waals surface area (Å²) >= 11 is 0. The number of fused-ring (bicyclic) bond motifs is 4. The lowest BCUT2D eigenvalue weighted by molar-refractivity contribution is -0.245. The molecule has 2 heterocycles. The molecule has 14 atom stereocenters. The molecule has 0 aromatic heterocycles. The van der Waals surface area contributed by atoms with Gasteiger partial charge in [-0.3, -0.25) is 4.79 Å². The van der Waals surface area contributed by atoms with Crippen LogP contribution in [0.5, 0.6) is 0 Å². The van der Waals surface area contributed by atoms with Crippen LogP contribution in [-0.2, 0) is 23.7 Å². The average Bonchev–Trinajstić information content (AvgIpc) is 3.65. The molecule has 0 aromatic rings. The number of carbonyl (C=O) groups is 2. The lowest BCUT2D eigenvalue weighted by Gasteiger charge is -2.64. The van der Waals surface area contributed by atoms with Gasteiger partial charge in [0.05, 0.1) is 43.2 Å². The monoisotopic (exact) mass is 688 g/mol. The van der Waals surface area contributed by atoms with E-state index in [1.54, 1.807) is 32.8 Å². The van der Waals surface area contributed by atoms with E-state index in [1.165, 1.54) is 19.8 Å². The van der Waals surface area contributed by atoms with E-state index >= 15 is 0 Å². The molecule has 0 radical (unpaired) electrons. The lowest BCUT2D eigenvalue weighted by Crippen LogP contribution is -2.60. The third-order valence-corrected chi connectivity index (χ3v) is 16.1. The van der Waals surface area contributed by atoms with Crippen molar-refractivity contribution in [3.63, 3.8) is 0 Å². The average molecular weight is 689 g/mol. The molecule has 7 aliphatic rings. The summed E-state index contributed by atoms with van der Waals surface area (Å²) in [5.41, 5.74) is -1.22. The number of esters is 1. The van der Waals surface area contributed by atoms with Gasteiger partial charge in [0, 0.05) is 33.0 Å². The number of hydrogen-bond acceptors (Lipinski definition) is 8. The number of rotatable bonds is 5. The van der Waals surface area contributed by atoms with Gasteiger partial charge in [0.15, 0.2) is 12.4 Å². The van der Waals surface area contributed by atoms with E-state index in [2.05, 4.69) is 34.6 Å². The van der Waals surface area contributed by atoms with Crippen LogP contribution in [0, 0.1) is 50.7 Å². The Morgan fingerprint density at radius 1 is 1.02 bits per heavy atom. The van der Waals surface area contributed by atoms with E-state index in [0.717, 1.165) is 32.1 Å². The van der Waals surface area contributed by atoms with Crippen molar-refractivity contribution >= 4 is 12.0 Å². The van der Waals surface area contributed by atoms with Crippen molar-refractivity contribution in [1.82, 2.24) is 9.80 Å². The van der Waals surface area contributed by atoms with Crippen molar-refractivity contribution < 1.29 is 38.7 Å². The second kappa shape index (κ2) is 11.5. The molecule has 5 saturated carbocycles. The highest BCUT2D eigenvalue weighted by Gasteiger charge is 2.84. The fourth-order valence-electron chi connectivity index (χ4n) is 13.9. The van der Waals surface area contributed by atoms with Gasteiger partial charge in [-0.15, -0.1) is 0 Å². The standard InChI is InChI=1S/C39H64N2O8/c1-22-19-24(32(35(5,6)45)47-23(2)42)48-30-29(22)36(7)15-16-39-21-38(39)14-13-27(49-28-20-41(17-18-46-28)33(44)40(9)10)34(3,4)25(38)11-12-26(39)37(36,8)31(30)43/h22,24-32,43,45H,11-21H2,1-10H3/t22-,24-,25+,26+,27+,28+,29+,30+,31+,32+,36-,37-,38-,39+/m1/s1. The molecule has 2 N–H and O–H groups in total. The quantitative estimate of drug-likeness (QED) is 0.378. The van der Waals surface area contributed by atoms with Crippen LogP contribution >= 0.6 is 0 Å². The summed E-state index contributed by atoms with van der Waals surface area (Å²) in [4.78, 5) is 28.2. The predicted molar refractivity (Wildman–Crippen MR) is 183 cm³/mol. The number of aliphatic hydroxyl groups excluding tert-OH is 1. The van der Waals surface area contributed by atoms with Gasteiger partial charge in [-0.25, -0.2) is 4.79 Å². The summed E-state index contributed by atoms with van der Waals surface area (Å²) in [7, 11) is 3.57. The van der Waals surface area contributed by atoms with Crippen LogP contribution in [0.2, 0.25) is 0 Å². The van der Waals surface area contributed by atoms with Gasteiger partial charge in [0.2, 0.25) is 0 Å². The van der Waals surface area contributed by atoms with E-state index in [-0.39, 0.29) is 57.1 Å². The summed E-state index contributed by atoms with van der Waals surface area (Å²) in [6.07, 6.45) is 5.91. The van der Waals surface area contributed by atoms with Gasteiger partial charge in [-0.1, -0.05) is 34.6 Å². The SMILES string of the molecule is CC(=O)O[C@@H]([C@H]1C[C@@H](C)[C@H]2[C@H](O1)[C@H](O)[C@@]1(C)[C@@H]3CC[C@H]4C(C)(C)[C@@H](O[C@H]5CN(C(=O)N(C)C)CCO5)CC[C@@]45C[C@@]35CC[C@]21C)C(C)(C)O. The lowest BCUT2D eigenvalue weighted by atomic mass is 9.41. The van der Waals surface area contributed by atoms with E-state index in [0.29, 0.717) is 38.0 Å². The number of nitrogens with zero attached hydrogens (tertiary/aromatic N) is 2. The van der Waals surface area contributed by atoms with Gasteiger partial charge < -0.3 is 39.0 Å². The molecule has 10 heteroatoms. The maximum Gasteiger partial charge on any atom is 0.319 e. The number of hydrogen-bond donors (Lipinski definition) is 2. The van der Waals surface area contributed by atoms with Crippen LogP contribution in [-0.4, -0.2) is 108 Å². The van der Waals surface area contributed by atoms with Crippen molar-refractivity contribution in [3.05, 3.63) is 0 Å². The number of urea groups is 1. The Morgan fingerprint density at radius 2 is 1.69 bits per heavy atom. The first-order valence-corrected chi connectivity index (χ1v) is 19.2. The van der Waals surface area contributed by atoms with Crippen LogP contribution < -0.4 is 0 Å². The Kier molecular flexibility index (Phi) is 8.44. The second-order valence-electron chi connectivity index (χ2n) is 19.3. The maximum atomic E-state index is 12.7. The number of aliphatic hydroxyl groups is 2. The topological polar surface area (TPSA) is 118 Å². The fourth-order valence-corrected chi connectivity index (χ4v) is 13.9. The minimum atomic E-state index is -1.27. The first kappa shape index (κ1) is 35.9. The minimum absolute atomic E-state index is 0.000463. The molecule has 278 valence electrons. The van der Waals surface area contributed by atoms with E-state index < -0.39 is 36.2 Å². The predicted octanol–water partition coefficient (Wildman–Crippen LogP) is 5.23. The largest absolute Gasteiger partial charge is 0.457 e. The normalized spacial score (nSPS) is 49.0. The van der Waals surface area contributed by atoms with Crippen LogP contribution in [0.4, 0.5) is 4.79 Å². The summed E-state index contributed by atoms with van der Waals surface area (Å²) in [6.45, 7) is 18.2. The van der Waals surface area contributed by atoms with Crippen LogP contribution in [0.25, 0.3) is 0 Å². The molecule has 2 amide bonds. The molecule has 49 heavy (non-hydrogen) atoms. The Bertz CT molecular complexity index is 1330. The summed E-state index contributed by atoms with van der Waals surface area (Å²) in [5.74, 6) is 0.954. The highest BCUT2D eigenvalue weighted by molar-refractivity contribution is 5.73. The fraction of sp³-hybridized carbons (Fsp3) is 0.949. The Labute approximate surface area is 293 Å². The van der Waals surface area contributed by atoms with Gasteiger partial charge in [-0.05, 0) is 111 Å². The molecule has 0 unspecified atom stereocenters. The molecule has 10 nitrogen and oxygen atoms in total. The molecule has 0 bridgehead atoms. The zero-order chi connectivity index (χ0) is 35.7. The molecule has 0 aromatic carbocycles. The van der Waals surface area contributed by atoms with E-state index in [4.69, 9.17) is 18.9 Å². The first-order chi connectivity index (χ1) is 22.7. The molecule has 2 aliphatic heterocycles. The van der Waals surface area contributed by atoms with Gasteiger partial charge in [0.25, 0.3) is 0 Å². The maximum absolute atomic E-state index is 12.7. The second-order valence-corrected chi connectivity index (χ2v) is 19.3. The highest BCUT2D eigenvalue weighted by Crippen LogP contribution is 2.89. The van der Waals surface area contributed by atoms with Gasteiger partial charge in [-0.2, -0.15) is 0 Å². The van der Waals surface area contributed by atoms with E-state index in [1.807, 2.05) is 4.90 Å². The van der Waals surface area contributed by atoms with Gasteiger partial charge in [0.1, 0.15) is 0 Å². The summed E-state index contributed by atoms with van der Waals surface area (Å²) in [6, 6.07) is 0.000463. The molecular weight excluding hydrogens is 624 g/mol. The smallest absolute Gasteiger partial charge is 0.319 e. The van der Waals surface area contributed by atoms with Crippen molar-refractivity contribution in [2.75, 3.05) is 33.8 Å². The highest BCUT2D eigenvalue weighted by atomic mass is 16.7. The number of carbonyl (C=O) groups excluding carboxylic acids is 2.